The minimum atomic E-state index is 0.00116. The summed E-state index contributed by atoms with van der Waals surface area (Å²) >= 11 is 0. The average molecular weight is 388 g/mol. The van der Waals surface area contributed by atoms with Gasteiger partial charge in [-0.3, -0.25) is 9.78 Å². The molecule has 1 aromatic rings. The molecule has 28 heavy (non-hydrogen) atoms. The summed E-state index contributed by atoms with van der Waals surface area (Å²) in [6.07, 6.45) is 6.07. The van der Waals surface area contributed by atoms with Gasteiger partial charge in [0.2, 0.25) is 5.91 Å². The van der Waals surface area contributed by atoms with Gasteiger partial charge in [0.1, 0.15) is 0 Å². The highest BCUT2D eigenvalue weighted by Gasteiger charge is 2.31. The second-order valence-corrected chi connectivity index (χ2v) is 8.33. The minimum absolute atomic E-state index is 0.00116. The lowest BCUT2D eigenvalue weighted by molar-refractivity contribution is -0.136. The summed E-state index contributed by atoms with van der Waals surface area (Å²) in [7, 11) is 0. The number of amides is 3. The Kier molecular flexibility index (Phi) is 7.25. The van der Waals surface area contributed by atoms with Crippen molar-refractivity contribution in [2.24, 2.45) is 11.8 Å². The van der Waals surface area contributed by atoms with E-state index in [1.807, 2.05) is 28.1 Å². The van der Waals surface area contributed by atoms with Gasteiger partial charge >= 0.3 is 6.03 Å². The monoisotopic (exact) mass is 387 g/mol. The van der Waals surface area contributed by atoms with Crippen LogP contribution in [0.15, 0.2) is 24.5 Å². The molecule has 2 fully saturated rings. The maximum absolute atomic E-state index is 13.1. The van der Waals surface area contributed by atoms with Gasteiger partial charge in [0.25, 0.3) is 0 Å². The lowest BCUT2D eigenvalue weighted by Gasteiger charge is -2.38. The van der Waals surface area contributed by atoms with Crippen LogP contribution in [-0.2, 0) is 4.79 Å². The Morgan fingerprint density at radius 3 is 2.96 bits per heavy atom. The number of carbonyl (C=O) groups excluding carboxylic acids is 2. The molecule has 2 aliphatic rings. The first-order valence-electron chi connectivity index (χ1n) is 10.5. The van der Waals surface area contributed by atoms with Crippen LogP contribution in [0, 0.1) is 11.8 Å². The lowest BCUT2D eigenvalue weighted by Crippen LogP contribution is -2.50. The molecule has 2 atom stereocenters. The second-order valence-electron chi connectivity index (χ2n) is 8.33. The Hall–Kier alpha value is -2.15. The molecule has 2 saturated heterocycles. The van der Waals surface area contributed by atoms with Crippen molar-refractivity contribution in [3.63, 3.8) is 0 Å². The largest absolute Gasteiger partial charge is 0.338 e. The summed E-state index contributed by atoms with van der Waals surface area (Å²) in [5.41, 5.74) is 1.07. The maximum Gasteiger partial charge on any atom is 0.317 e. The van der Waals surface area contributed by atoms with E-state index in [0.29, 0.717) is 32.0 Å². The SMILES string of the molecule is CC(C)CNC(=O)N1CCCC(CC(=O)N2CCNCC2c2cccnc2)C1. The highest BCUT2D eigenvalue weighted by molar-refractivity contribution is 5.78. The number of likely N-dealkylation sites (tertiary alicyclic amines) is 1. The van der Waals surface area contributed by atoms with Crippen molar-refractivity contribution in [2.75, 3.05) is 39.3 Å². The molecule has 0 saturated carbocycles. The Bertz CT molecular complexity index is 651. The predicted molar refractivity (Wildman–Crippen MR) is 109 cm³/mol. The molecule has 0 bridgehead atoms. The molecule has 2 N–H and O–H groups in total. The molecule has 3 rings (SSSR count). The molecule has 7 nitrogen and oxygen atoms in total. The van der Waals surface area contributed by atoms with Crippen LogP contribution in [0.2, 0.25) is 0 Å². The summed E-state index contributed by atoms with van der Waals surface area (Å²) in [4.78, 5) is 33.6. The molecule has 0 spiro atoms. The van der Waals surface area contributed by atoms with Gasteiger partial charge in [-0.2, -0.15) is 0 Å². The van der Waals surface area contributed by atoms with Crippen LogP contribution in [0.25, 0.3) is 0 Å². The fourth-order valence-electron chi connectivity index (χ4n) is 4.06. The van der Waals surface area contributed by atoms with E-state index in [9.17, 15) is 9.59 Å². The van der Waals surface area contributed by atoms with E-state index in [4.69, 9.17) is 0 Å². The molecule has 2 unspecified atom stereocenters. The van der Waals surface area contributed by atoms with E-state index in [-0.39, 0.29) is 23.9 Å². The summed E-state index contributed by atoms with van der Waals surface area (Å²) < 4.78 is 0. The van der Waals surface area contributed by atoms with Crippen LogP contribution in [0.5, 0.6) is 0 Å². The molecule has 2 aliphatic heterocycles. The van der Waals surface area contributed by atoms with Crippen molar-refractivity contribution in [3.8, 4) is 0 Å². The van der Waals surface area contributed by atoms with Crippen molar-refractivity contribution in [1.29, 1.82) is 0 Å². The zero-order chi connectivity index (χ0) is 19.9. The first kappa shape index (κ1) is 20.6. The van der Waals surface area contributed by atoms with Gasteiger partial charge in [0.05, 0.1) is 6.04 Å². The Morgan fingerprint density at radius 1 is 1.36 bits per heavy atom. The average Bonchev–Trinajstić information content (AvgIpc) is 2.72. The van der Waals surface area contributed by atoms with Gasteiger partial charge in [-0.25, -0.2) is 4.79 Å². The van der Waals surface area contributed by atoms with Gasteiger partial charge in [0.15, 0.2) is 0 Å². The zero-order valence-corrected chi connectivity index (χ0v) is 17.1. The number of nitrogens with zero attached hydrogens (tertiary/aromatic N) is 3. The fourth-order valence-corrected chi connectivity index (χ4v) is 4.06. The van der Waals surface area contributed by atoms with Crippen LogP contribution < -0.4 is 10.6 Å². The first-order chi connectivity index (χ1) is 13.5. The molecule has 3 amide bonds. The molecule has 7 heteroatoms. The molecule has 0 radical (unpaired) electrons. The minimum Gasteiger partial charge on any atom is -0.338 e. The summed E-state index contributed by atoms with van der Waals surface area (Å²) in [5.74, 6) is 0.850. The molecule has 0 aliphatic carbocycles. The number of urea groups is 1. The summed E-state index contributed by atoms with van der Waals surface area (Å²) in [5, 5.41) is 6.38. The molecule has 0 aromatic carbocycles. The van der Waals surface area contributed by atoms with E-state index in [1.54, 1.807) is 6.20 Å². The van der Waals surface area contributed by atoms with E-state index in [2.05, 4.69) is 29.5 Å². The topological polar surface area (TPSA) is 77.6 Å². The van der Waals surface area contributed by atoms with Crippen LogP contribution in [-0.4, -0.2) is 66.0 Å². The van der Waals surface area contributed by atoms with Crippen molar-refractivity contribution < 1.29 is 9.59 Å². The first-order valence-corrected chi connectivity index (χ1v) is 10.5. The molecule has 1 aromatic heterocycles. The smallest absolute Gasteiger partial charge is 0.317 e. The van der Waals surface area contributed by atoms with Gasteiger partial charge < -0.3 is 20.4 Å². The third kappa shape index (κ3) is 5.44. The number of piperazine rings is 1. The number of hydrogen-bond donors (Lipinski definition) is 2. The Labute approximate surface area is 167 Å². The number of nitrogens with one attached hydrogen (secondary N) is 2. The third-order valence-corrected chi connectivity index (χ3v) is 5.56. The highest BCUT2D eigenvalue weighted by Crippen LogP contribution is 2.26. The Balaban J connectivity index is 1.57. The number of hydrogen-bond acceptors (Lipinski definition) is 4. The van der Waals surface area contributed by atoms with E-state index < -0.39 is 0 Å². The number of piperidine rings is 1. The zero-order valence-electron chi connectivity index (χ0n) is 17.1. The highest BCUT2D eigenvalue weighted by atomic mass is 16.2. The standard InChI is InChI=1S/C21H33N5O2/c1-16(2)12-24-21(28)25-9-4-5-17(15-25)11-20(27)26-10-8-23-14-19(26)18-6-3-7-22-13-18/h3,6-7,13,16-17,19,23H,4-5,8-12,14-15H2,1-2H3,(H,24,28). The third-order valence-electron chi connectivity index (χ3n) is 5.56. The van der Waals surface area contributed by atoms with Crippen LogP contribution in [0.1, 0.15) is 44.7 Å². The normalized spacial score (nSPS) is 23.0. The number of rotatable bonds is 5. The van der Waals surface area contributed by atoms with Crippen LogP contribution >= 0.6 is 0 Å². The van der Waals surface area contributed by atoms with Crippen molar-refractivity contribution in [3.05, 3.63) is 30.1 Å². The second kappa shape index (κ2) is 9.87. The number of carbonyl (C=O) groups is 2. The van der Waals surface area contributed by atoms with Crippen molar-refractivity contribution >= 4 is 11.9 Å². The van der Waals surface area contributed by atoms with Gasteiger partial charge in [-0.1, -0.05) is 19.9 Å². The van der Waals surface area contributed by atoms with E-state index in [1.165, 1.54) is 0 Å². The van der Waals surface area contributed by atoms with Crippen molar-refractivity contribution in [2.45, 2.75) is 39.2 Å². The van der Waals surface area contributed by atoms with E-state index >= 15 is 0 Å². The van der Waals surface area contributed by atoms with Gasteiger partial charge in [-0.15, -0.1) is 0 Å². The fraction of sp³-hybridized carbons (Fsp3) is 0.667. The van der Waals surface area contributed by atoms with Crippen LogP contribution in [0.4, 0.5) is 4.79 Å². The van der Waals surface area contributed by atoms with Crippen molar-refractivity contribution in [1.82, 2.24) is 25.4 Å². The molecular formula is C21H33N5O2. The lowest BCUT2D eigenvalue weighted by atomic mass is 9.93. The summed E-state index contributed by atoms with van der Waals surface area (Å²) in [6, 6.07) is 3.98. The Morgan fingerprint density at radius 2 is 2.21 bits per heavy atom. The number of pyridine rings is 1. The summed E-state index contributed by atoms with van der Waals surface area (Å²) in [6.45, 7) is 8.59. The van der Waals surface area contributed by atoms with E-state index in [0.717, 1.165) is 38.0 Å². The van der Waals surface area contributed by atoms with Gasteiger partial charge in [-0.05, 0) is 36.3 Å². The predicted octanol–water partition coefficient (Wildman–Crippen LogP) is 2.02. The molecular weight excluding hydrogens is 354 g/mol. The van der Waals surface area contributed by atoms with Gasteiger partial charge in [0, 0.05) is 58.1 Å². The quantitative estimate of drug-likeness (QED) is 0.810. The maximum atomic E-state index is 13.1. The van der Waals surface area contributed by atoms with Crippen LogP contribution in [0.3, 0.4) is 0 Å². The number of aromatic nitrogens is 1. The molecule has 154 valence electrons. The molecule has 3 heterocycles.